The Bertz CT molecular complexity index is 2060. The zero-order valence-corrected chi connectivity index (χ0v) is 71.9. The highest BCUT2D eigenvalue weighted by molar-refractivity contribution is 7.47. The number of phosphoric acid groups is 2. The van der Waals surface area contributed by atoms with Gasteiger partial charge in [-0.1, -0.05) is 402 Å². The predicted molar refractivity (Wildman–Crippen MR) is 437 cm³/mol. The zero-order chi connectivity index (χ0) is 78.1. The van der Waals surface area contributed by atoms with Crippen LogP contribution < -0.4 is 0 Å². The molecule has 0 bridgehead atoms. The lowest BCUT2D eigenvalue weighted by atomic mass is 9.99. The van der Waals surface area contributed by atoms with Crippen LogP contribution in [0.2, 0.25) is 0 Å². The Morgan fingerprint density at radius 2 is 0.453 bits per heavy atom. The summed E-state index contributed by atoms with van der Waals surface area (Å²) in [6, 6.07) is 0. The van der Waals surface area contributed by atoms with Crippen LogP contribution in [0.15, 0.2) is 0 Å². The van der Waals surface area contributed by atoms with Crippen molar-refractivity contribution in [3.8, 4) is 0 Å². The molecule has 0 aliphatic heterocycles. The van der Waals surface area contributed by atoms with Crippen LogP contribution in [0.1, 0.15) is 453 Å². The van der Waals surface area contributed by atoms with E-state index in [2.05, 4.69) is 55.4 Å². The van der Waals surface area contributed by atoms with Crippen molar-refractivity contribution in [2.45, 2.75) is 472 Å². The van der Waals surface area contributed by atoms with Crippen LogP contribution in [0, 0.1) is 23.7 Å². The average molecular weight is 1550 g/mol. The zero-order valence-electron chi connectivity index (χ0n) is 70.1. The topological polar surface area (TPSA) is 237 Å². The average Bonchev–Trinajstić information content (AvgIpc) is 0.900. The number of carbonyl (C=O) groups is 4. The fraction of sp³-hybridized carbons (Fsp3) is 0.954. The highest BCUT2D eigenvalue weighted by atomic mass is 31.2. The molecular weight excluding hydrogens is 1380 g/mol. The Morgan fingerprint density at radius 3 is 0.670 bits per heavy atom. The van der Waals surface area contributed by atoms with E-state index >= 15 is 0 Å². The lowest BCUT2D eigenvalue weighted by Crippen LogP contribution is -2.30. The lowest BCUT2D eigenvalue weighted by molar-refractivity contribution is -0.161. The van der Waals surface area contributed by atoms with Crippen molar-refractivity contribution in [2.24, 2.45) is 23.7 Å². The van der Waals surface area contributed by atoms with Gasteiger partial charge in [0.25, 0.3) is 0 Å². The van der Waals surface area contributed by atoms with E-state index in [9.17, 15) is 43.2 Å². The van der Waals surface area contributed by atoms with E-state index in [0.29, 0.717) is 25.7 Å². The van der Waals surface area contributed by atoms with Gasteiger partial charge in [-0.05, 0) is 49.4 Å². The summed E-state index contributed by atoms with van der Waals surface area (Å²) >= 11 is 0. The first-order chi connectivity index (χ1) is 51.1. The lowest BCUT2D eigenvalue weighted by Gasteiger charge is -2.21. The molecule has 0 amide bonds. The summed E-state index contributed by atoms with van der Waals surface area (Å²) in [5.74, 6) is 1.08. The van der Waals surface area contributed by atoms with E-state index in [1.165, 1.54) is 257 Å². The van der Waals surface area contributed by atoms with Gasteiger partial charge in [0.1, 0.15) is 19.3 Å². The van der Waals surface area contributed by atoms with Gasteiger partial charge in [0, 0.05) is 25.7 Å². The molecule has 0 aromatic rings. The second kappa shape index (κ2) is 75.7. The van der Waals surface area contributed by atoms with Crippen molar-refractivity contribution in [1.82, 2.24) is 0 Å². The maximum absolute atomic E-state index is 13.2. The van der Waals surface area contributed by atoms with Gasteiger partial charge in [0.2, 0.25) is 0 Å². The number of esters is 4. The molecule has 0 saturated carbocycles. The number of hydrogen-bond acceptors (Lipinski definition) is 15. The van der Waals surface area contributed by atoms with Gasteiger partial charge in [0.05, 0.1) is 26.4 Å². The number of unbranched alkanes of at least 4 members (excludes halogenated alkanes) is 49. The molecule has 0 aliphatic rings. The minimum atomic E-state index is -4.97. The van der Waals surface area contributed by atoms with Crippen molar-refractivity contribution < 1.29 is 80.2 Å². The third-order valence-electron chi connectivity index (χ3n) is 20.7. The molecule has 0 heterocycles. The monoisotopic (exact) mass is 1550 g/mol. The Morgan fingerprint density at radius 1 is 0.264 bits per heavy atom. The SMILES string of the molecule is CCC(C)CCCCCCCCCCCCCCCCCCCCC(=O)O[C@H](COC(=O)CCCCCCCCCCCCCCCCCC(C)C)COP(=O)(O)OC[C@@H](O)COP(=O)(O)OC[C@@H](COC(=O)CCCCCCCCCCCC(C)C)OC(=O)CCCCCCCCCCCCCC(C)C. The predicted octanol–water partition coefficient (Wildman–Crippen LogP) is 26.3. The van der Waals surface area contributed by atoms with E-state index in [1.807, 2.05) is 0 Å². The van der Waals surface area contributed by atoms with Crippen LogP contribution in [-0.4, -0.2) is 96.7 Å². The molecule has 3 unspecified atom stereocenters. The molecule has 630 valence electrons. The van der Waals surface area contributed by atoms with Crippen LogP contribution in [0.3, 0.4) is 0 Å². The standard InChI is InChI=1S/C87H170O17P2/c1-9-80(8)66-58-50-42-34-26-20-16-12-10-11-13-17-22-28-36-45-53-61-69-86(91)103-82(73-97-84(89)67-59-51-43-35-27-21-18-14-15-19-24-31-39-47-55-63-77(2)3)75-101-105(93,94)99-71-81(88)72-100-106(95,96)102-76-83(74-98-85(90)68-60-52-44-38-30-33-41-49-57-65-79(6)7)104-87(92)70-62-54-46-37-29-23-25-32-40-48-56-64-78(4)5/h77-83,88H,9-76H2,1-8H3,(H,93,94)(H,95,96)/t80?,81-,82-,83-/m1/s1. The molecule has 6 atom stereocenters. The molecule has 0 radical (unpaired) electrons. The summed E-state index contributed by atoms with van der Waals surface area (Å²) in [6.07, 6.45) is 65.2. The molecule has 19 heteroatoms. The summed E-state index contributed by atoms with van der Waals surface area (Å²) in [5, 5.41) is 10.7. The van der Waals surface area contributed by atoms with Crippen LogP contribution in [-0.2, 0) is 65.4 Å². The Labute approximate surface area is 651 Å². The fourth-order valence-corrected chi connectivity index (χ4v) is 15.0. The smallest absolute Gasteiger partial charge is 0.462 e. The van der Waals surface area contributed by atoms with Crippen LogP contribution in [0.4, 0.5) is 0 Å². The number of phosphoric ester groups is 2. The van der Waals surface area contributed by atoms with Gasteiger partial charge in [0.15, 0.2) is 12.2 Å². The van der Waals surface area contributed by atoms with Crippen LogP contribution >= 0.6 is 15.6 Å². The van der Waals surface area contributed by atoms with E-state index in [4.69, 9.17) is 37.0 Å². The molecule has 3 N–H and O–H groups in total. The van der Waals surface area contributed by atoms with Crippen molar-refractivity contribution in [3.05, 3.63) is 0 Å². The quantitative estimate of drug-likeness (QED) is 0.0222. The van der Waals surface area contributed by atoms with Crippen molar-refractivity contribution in [2.75, 3.05) is 39.6 Å². The summed E-state index contributed by atoms with van der Waals surface area (Å²) in [4.78, 5) is 73.3. The molecule has 106 heavy (non-hydrogen) atoms. The number of ether oxygens (including phenoxy) is 4. The van der Waals surface area contributed by atoms with Gasteiger partial charge in [-0.2, -0.15) is 0 Å². The molecule has 0 fully saturated rings. The van der Waals surface area contributed by atoms with Crippen molar-refractivity contribution in [1.29, 1.82) is 0 Å². The van der Waals surface area contributed by atoms with Gasteiger partial charge in [-0.15, -0.1) is 0 Å². The first-order valence-corrected chi connectivity index (χ1v) is 47.7. The maximum Gasteiger partial charge on any atom is 0.472 e. The Hall–Kier alpha value is -1.94. The Balaban J connectivity index is 5.25. The minimum absolute atomic E-state index is 0.106. The summed E-state index contributed by atoms with van der Waals surface area (Å²) in [7, 11) is -9.93. The van der Waals surface area contributed by atoms with E-state index in [1.54, 1.807) is 0 Å². The second-order valence-electron chi connectivity index (χ2n) is 33.0. The van der Waals surface area contributed by atoms with Crippen LogP contribution in [0.25, 0.3) is 0 Å². The second-order valence-corrected chi connectivity index (χ2v) is 35.9. The van der Waals surface area contributed by atoms with Gasteiger partial charge >= 0.3 is 39.5 Å². The Kier molecular flexibility index (Phi) is 74.3. The molecular formula is C87H170O17P2. The molecule has 17 nitrogen and oxygen atoms in total. The molecule has 0 aromatic carbocycles. The fourth-order valence-electron chi connectivity index (χ4n) is 13.5. The molecule has 0 aliphatic carbocycles. The molecule has 0 saturated heterocycles. The number of hydrogen-bond donors (Lipinski definition) is 3. The normalized spacial score (nSPS) is 14.2. The van der Waals surface area contributed by atoms with Gasteiger partial charge in [-0.3, -0.25) is 37.3 Å². The summed E-state index contributed by atoms with van der Waals surface area (Å²) in [6.45, 7) is 14.4. The van der Waals surface area contributed by atoms with Gasteiger partial charge in [-0.25, -0.2) is 9.13 Å². The summed E-state index contributed by atoms with van der Waals surface area (Å²) < 4.78 is 68.9. The van der Waals surface area contributed by atoms with Gasteiger partial charge < -0.3 is 33.8 Å². The molecule has 0 aromatic heterocycles. The number of carbonyl (C=O) groups excluding carboxylic acids is 4. The largest absolute Gasteiger partial charge is 0.472 e. The minimum Gasteiger partial charge on any atom is -0.462 e. The summed E-state index contributed by atoms with van der Waals surface area (Å²) in [5.41, 5.74) is 0. The third-order valence-corrected chi connectivity index (χ3v) is 22.6. The maximum atomic E-state index is 13.2. The highest BCUT2D eigenvalue weighted by Crippen LogP contribution is 2.45. The van der Waals surface area contributed by atoms with E-state index in [-0.39, 0.29) is 25.7 Å². The first-order valence-electron chi connectivity index (χ1n) is 44.7. The number of aliphatic hydroxyl groups is 1. The molecule has 0 spiro atoms. The molecule has 0 rings (SSSR count). The van der Waals surface area contributed by atoms with E-state index < -0.39 is 97.5 Å². The number of aliphatic hydroxyl groups excluding tert-OH is 1. The van der Waals surface area contributed by atoms with Crippen LogP contribution in [0.5, 0.6) is 0 Å². The number of rotatable bonds is 84. The highest BCUT2D eigenvalue weighted by Gasteiger charge is 2.31. The van der Waals surface area contributed by atoms with Crippen molar-refractivity contribution >= 4 is 39.5 Å². The third kappa shape index (κ3) is 78.7. The van der Waals surface area contributed by atoms with Crippen molar-refractivity contribution in [3.63, 3.8) is 0 Å². The van der Waals surface area contributed by atoms with E-state index in [0.717, 1.165) is 114 Å². The first kappa shape index (κ1) is 104.